The number of ether oxygens (including phenoxy) is 1. The Balaban J connectivity index is 1.83. The van der Waals surface area contributed by atoms with Crippen molar-refractivity contribution in [1.29, 1.82) is 0 Å². The first-order chi connectivity index (χ1) is 11.8. The molecule has 5 heteroatoms. The molecular formula is C19H20N2O2S. The number of carbonyl (C=O) groups excluding carboxylic acids is 1. The third-order valence-corrected chi connectivity index (χ3v) is 4.41. The molecule has 1 heterocycles. The summed E-state index contributed by atoms with van der Waals surface area (Å²) in [7, 11) is 0. The number of anilines is 1. The van der Waals surface area contributed by atoms with Crippen molar-refractivity contribution in [1.82, 2.24) is 4.90 Å². The molecule has 0 aliphatic carbocycles. The fourth-order valence-corrected chi connectivity index (χ4v) is 2.96. The molecule has 2 aromatic carbocycles. The predicted molar refractivity (Wildman–Crippen MR) is 99.1 cm³/mol. The van der Waals surface area contributed by atoms with Crippen LogP contribution in [0.1, 0.15) is 5.56 Å². The van der Waals surface area contributed by atoms with Gasteiger partial charge in [-0.3, -0.25) is 4.79 Å². The Morgan fingerprint density at radius 3 is 2.21 bits per heavy atom. The fourth-order valence-electron chi connectivity index (χ4n) is 2.67. The van der Waals surface area contributed by atoms with E-state index in [2.05, 4.69) is 0 Å². The van der Waals surface area contributed by atoms with Gasteiger partial charge in [0.05, 0.1) is 19.8 Å². The van der Waals surface area contributed by atoms with Gasteiger partial charge in [-0.25, -0.2) is 0 Å². The van der Waals surface area contributed by atoms with Crippen LogP contribution >= 0.6 is 12.2 Å². The zero-order chi connectivity index (χ0) is 16.8. The van der Waals surface area contributed by atoms with Crippen LogP contribution in [0, 0.1) is 0 Å². The lowest BCUT2D eigenvalue weighted by atomic mass is 10.2. The van der Waals surface area contributed by atoms with Crippen molar-refractivity contribution in [3.8, 4) is 0 Å². The van der Waals surface area contributed by atoms with Crippen molar-refractivity contribution in [2.45, 2.75) is 6.54 Å². The quantitative estimate of drug-likeness (QED) is 0.805. The minimum Gasteiger partial charge on any atom is -0.378 e. The summed E-state index contributed by atoms with van der Waals surface area (Å²) in [5, 5.41) is 0. The molecule has 0 radical (unpaired) electrons. The van der Waals surface area contributed by atoms with Crippen LogP contribution in [0.25, 0.3) is 0 Å². The molecule has 1 amide bonds. The van der Waals surface area contributed by atoms with Gasteiger partial charge in [-0.05, 0) is 17.7 Å². The lowest BCUT2D eigenvalue weighted by Crippen LogP contribution is -2.48. The van der Waals surface area contributed by atoms with Crippen LogP contribution in [0.2, 0.25) is 0 Å². The maximum absolute atomic E-state index is 13.0. The molecule has 0 aromatic heterocycles. The van der Waals surface area contributed by atoms with Crippen LogP contribution < -0.4 is 4.90 Å². The SMILES string of the molecule is O=C(C(=S)N1CCOCC1)N(Cc1ccccc1)c1ccccc1. The molecule has 0 saturated carbocycles. The topological polar surface area (TPSA) is 32.8 Å². The summed E-state index contributed by atoms with van der Waals surface area (Å²) in [6.45, 7) is 3.04. The highest BCUT2D eigenvalue weighted by atomic mass is 32.1. The Hall–Kier alpha value is -2.24. The Labute approximate surface area is 147 Å². The first-order valence-electron chi connectivity index (χ1n) is 8.03. The maximum atomic E-state index is 13.0. The van der Waals surface area contributed by atoms with E-state index in [1.165, 1.54) is 0 Å². The summed E-state index contributed by atoms with van der Waals surface area (Å²) in [6.07, 6.45) is 0. The van der Waals surface area contributed by atoms with Gasteiger partial charge in [0.2, 0.25) is 0 Å². The van der Waals surface area contributed by atoms with Gasteiger partial charge in [0.15, 0.2) is 4.99 Å². The fraction of sp³-hybridized carbons (Fsp3) is 0.263. The third-order valence-electron chi connectivity index (χ3n) is 3.98. The van der Waals surface area contributed by atoms with Crippen LogP contribution in [-0.4, -0.2) is 42.1 Å². The number of nitrogens with zero attached hydrogens (tertiary/aromatic N) is 2. The van der Waals surface area contributed by atoms with Gasteiger partial charge in [-0.2, -0.15) is 0 Å². The Bertz CT molecular complexity index is 685. The highest BCUT2D eigenvalue weighted by Gasteiger charge is 2.25. The number of benzene rings is 2. The molecule has 124 valence electrons. The number of amides is 1. The molecule has 0 atom stereocenters. The summed E-state index contributed by atoms with van der Waals surface area (Å²) in [5.74, 6) is -0.137. The van der Waals surface area contributed by atoms with Gasteiger partial charge in [0.1, 0.15) is 0 Å². The number of hydrogen-bond donors (Lipinski definition) is 0. The third kappa shape index (κ3) is 3.99. The number of rotatable bonds is 3. The minimum atomic E-state index is -0.137. The van der Waals surface area contributed by atoms with E-state index in [0.29, 0.717) is 37.8 Å². The van der Waals surface area contributed by atoms with Crippen LogP contribution in [0.3, 0.4) is 0 Å². The first kappa shape index (κ1) is 16.6. The summed E-state index contributed by atoms with van der Waals surface area (Å²) in [5.41, 5.74) is 1.92. The minimum absolute atomic E-state index is 0.137. The van der Waals surface area contributed by atoms with Gasteiger partial charge < -0.3 is 14.5 Å². The molecule has 1 aliphatic rings. The Morgan fingerprint density at radius 2 is 1.58 bits per heavy atom. The first-order valence-corrected chi connectivity index (χ1v) is 8.44. The molecule has 4 nitrogen and oxygen atoms in total. The van der Waals surface area contributed by atoms with Crippen LogP contribution in [-0.2, 0) is 16.1 Å². The normalized spacial score (nSPS) is 14.2. The summed E-state index contributed by atoms with van der Waals surface area (Å²) >= 11 is 5.47. The summed E-state index contributed by atoms with van der Waals surface area (Å²) in [4.78, 5) is 17.1. The molecule has 2 aromatic rings. The van der Waals surface area contributed by atoms with E-state index in [9.17, 15) is 4.79 Å². The van der Waals surface area contributed by atoms with Crippen molar-refractivity contribution in [2.75, 3.05) is 31.2 Å². The van der Waals surface area contributed by atoms with E-state index in [-0.39, 0.29) is 5.91 Å². The highest BCUT2D eigenvalue weighted by molar-refractivity contribution is 7.82. The van der Waals surface area contributed by atoms with Crippen molar-refractivity contribution in [2.24, 2.45) is 0 Å². The molecule has 24 heavy (non-hydrogen) atoms. The smallest absolute Gasteiger partial charge is 0.286 e. The second kappa shape index (κ2) is 8.04. The van der Waals surface area contributed by atoms with E-state index < -0.39 is 0 Å². The largest absolute Gasteiger partial charge is 0.378 e. The number of morpholine rings is 1. The van der Waals surface area contributed by atoms with Crippen molar-refractivity contribution >= 4 is 28.8 Å². The molecule has 1 saturated heterocycles. The van der Waals surface area contributed by atoms with Gasteiger partial charge in [-0.15, -0.1) is 0 Å². The van der Waals surface area contributed by atoms with Crippen LogP contribution in [0.4, 0.5) is 5.69 Å². The highest BCUT2D eigenvalue weighted by Crippen LogP contribution is 2.18. The summed E-state index contributed by atoms with van der Waals surface area (Å²) < 4.78 is 5.34. The second-order valence-electron chi connectivity index (χ2n) is 5.62. The molecule has 0 spiro atoms. The molecule has 0 N–H and O–H groups in total. The van der Waals surface area contributed by atoms with E-state index >= 15 is 0 Å². The van der Waals surface area contributed by atoms with Crippen molar-refractivity contribution in [3.05, 3.63) is 66.2 Å². The average Bonchev–Trinajstić information content (AvgIpc) is 2.67. The van der Waals surface area contributed by atoms with Crippen LogP contribution in [0.5, 0.6) is 0 Å². The zero-order valence-corrected chi connectivity index (χ0v) is 14.2. The van der Waals surface area contributed by atoms with E-state index in [4.69, 9.17) is 17.0 Å². The zero-order valence-electron chi connectivity index (χ0n) is 13.4. The molecule has 1 fully saturated rings. The van der Waals surface area contributed by atoms with Gasteiger partial charge in [-0.1, -0.05) is 60.7 Å². The number of thiocarbonyl (C=S) groups is 1. The molecule has 1 aliphatic heterocycles. The Morgan fingerprint density at radius 1 is 1.00 bits per heavy atom. The predicted octanol–water partition coefficient (Wildman–Crippen LogP) is 2.88. The van der Waals surface area contributed by atoms with E-state index in [1.807, 2.05) is 65.6 Å². The lowest BCUT2D eigenvalue weighted by molar-refractivity contribution is -0.113. The molecular weight excluding hydrogens is 320 g/mol. The molecule has 0 unspecified atom stereocenters. The Kier molecular flexibility index (Phi) is 5.56. The van der Waals surface area contributed by atoms with Crippen LogP contribution in [0.15, 0.2) is 60.7 Å². The number of carbonyl (C=O) groups is 1. The standard InChI is InChI=1S/C19H20N2O2S/c22-18(19(24)20-11-13-23-14-12-20)21(17-9-5-2-6-10-17)15-16-7-3-1-4-8-16/h1-10H,11-15H2. The lowest BCUT2D eigenvalue weighted by Gasteiger charge is -2.31. The van der Waals surface area contributed by atoms with Gasteiger partial charge in [0.25, 0.3) is 5.91 Å². The second-order valence-corrected chi connectivity index (χ2v) is 6.00. The van der Waals surface area contributed by atoms with Gasteiger partial charge in [0, 0.05) is 18.8 Å². The number of para-hydroxylation sites is 1. The van der Waals surface area contributed by atoms with E-state index in [1.54, 1.807) is 4.90 Å². The molecule has 0 bridgehead atoms. The summed E-state index contributed by atoms with van der Waals surface area (Å²) in [6, 6.07) is 19.6. The number of hydrogen-bond acceptors (Lipinski definition) is 3. The maximum Gasteiger partial charge on any atom is 0.286 e. The van der Waals surface area contributed by atoms with Gasteiger partial charge >= 0.3 is 0 Å². The monoisotopic (exact) mass is 340 g/mol. The average molecular weight is 340 g/mol. The van der Waals surface area contributed by atoms with Crippen molar-refractivity contribution in [3.63, 3.8) is 0 Å². The van der Waals surface area contributed by atoms with E-state index in [0.717, 1.165) is 11.3 Å². The van der Waals surface area contributed by atoms with Crippen molar-refractivity contribution < 1.29 is 9.53 Å². The molecule has 3 rings (SSSR count).